The molecule has 0 spiro atoms. The minimum absolute atomic E-state index is 0.832. The number of hydrogen-bond donors (Lipinski definition) is 1. The van der Waals surface area contributed by atoms with E-state index in [1.54, 1.807) is 0 Å². The molecule has 0 atom stereocenters. The highest BCUT2D eigenvalue weighted by atomic mass is 15.1. The fraction of sp³-hybridized carbons (Fsp3) is 0.818. The van der Waals surface area contributed by atoms with Crippen LogP contribution in [0.2, 0.25) is 0 Å². The van der Waals surface area contributed by atoms with Crippen molar-refractivity contribution in [2.24, 2.45) is 0 Å². The van der Waals surface area contributed by atoms with Crippen LogP contribution >= 0.6 is 0 Å². The summed E-state index contributed by atoms with van der Waals surface area (Å²) < 4.78 is 0. The van der Waals surface area contributed by atoms with Crippen molar-refractivity contribution in [2.45, 2.75) is 32.2 Å². The van der Waals surface area contributed by atoms with Crippen molar-refractivity contribution in [3.63, 3.8) is 0 Å². The Balaban J connectivity index is 2.11. The molecular weight excluding hydrogens is 160 g/mol. The van der Waals surface area contributed by atoms with Crippen LogP contribution in [0.25, 0.3) is 0 Å². The maximum Gasteiger partial charge on any atom is 0.0202 e. The zero-order chi connectivity index (χ0) is 9.68. The van der Waals surface area contributed by atoms with E-state index in [1.165, 1.54) is 24.8 Å². The Morgan fingerprint density at radius 3 is 2.69 bits per heavy atom. The minimum Gasteiger partial charge on any atom is -0.313 e. The Hall–Kier alpha value is -0.340. The van der Waals surface area contributed by atoms with E-state index < -0.39 is 0 Å². The van der Waals surface area contributed by atoms with Gasteiger partial charge in [-0.05, 0) is 32.0 Å². The first-order chi connectivity index (χ1) is 6.24. The lowest BCUT2D eigenvalue weighted by Crippen LogP contribution is -2.39. The lowest BCUT2D eigenvalue weighted by atomic mass is 9.91. The Kier molecular flexibility index (Phi) is 4.46. The van der Waals surface area contributed by atoms with Gasteiger partial charge in [0.2, 0.25) is 0 Å². The van der Waals surface area contributed by atoms with Gasteiger partial charge >= 0.3 is 0 Å². The van der Waals surface area contributed by atoms with E-state index in [1.807, 2.05) is 0 Å². The van der Waals surface area contributed by atoms with Crippen LogP contribution in [0.5, 0.6) is 0 Å². The lowest BCUT2D eigenvalue weighted by molar-refractivity contribution is 0.171. The molecule has 2 heteroatoms. The lowest BCUT2D eigenvalue weighted by Gasteiger charge is -2.35. The molecule has 1 rings (SSSR count). The molecule has 2 nitrogen and oxygen atoms in total. The SMILES string of the molecule is C=C(CNCC)CN(C)C1CCC1. The van der Waals surface area contributed by atoms with E-state index in [2.05, 4.69) is 30.8 Å². The zero-order valence-electron chi connectivity index (χ0n) is 8.97. The summed E-state index contributed by atoms with van der Waals surface area (Å²) in [4.78, 5) is 2.43. The number of nitrogens with zero attached hydrogens (tertiary/aromatic N) is 1. The average molecular weight is 182 g/mol. The normalized spacial score (nSPS) is 17.5. The number of hydrogen-bond acceptors (Lipinski definition) is 2. The molecule has 1 N–H and O–H groups in total. The topological polar surface area (TPSA) is 15.3 Å². The Labute approximate surface area is 82.0 Å². The van der Waals surface area contributed by atoms with E-state index in [4.69, 9.17) is 0 Å². The second-order valence-corrected chi connectivity index (χ2v) is 4.03. The zero-order valence-corrected chi connectivity index (χ0v) is 8.97. The van der Waals surface area contributed by atoms with Crippen LogP contribution in [-0.4, -0.2) is 37.6 Å². The van der Waals surface area contributed by atoms with Gasteiger partial charge in [0.25, 0.3) is 0 Å². The summed E-state index contributed by atoms with van der Waals surface area (Å²) in [7, 11) is 2.21. The molecule has 13 heavy (non-hydrogen) atoms. The molecule has 1 aliphatic rings. The van der Waals surface area contributed by atoms with E-state index in [-0.39, 0.29) is 0 Å². The summed E-state index contributed by atoms with van der Waals surface area (Å²) in [5.74, 6) is 0. The van der Waals surface area contributed by atoms with Gasteiger partial charge in [-0.2, -0.15) is 0 Å². The van der Waals surface area contributed by atoms with Crippen LogP contribution in [0.1, 0.15) is 26.2 Å². The molecule has 1 fully saturated rings. The van der Waals surface area contributed by atoms with Crippen LogP contribution in [-0.2, 0) is 0 Å². The average Bonchev–Trinajstić information content (AvgIpc) is 1.97. The van der Waals surface area contributed by atoms with Crippen LogP contribution < -0.4 is 5.32 Å². The molecule has 0 amide bonds. The first-order valence-corrected chi connectivity index (χ1v) is 5.31. The van der Waals surface area contributed by atoms with E-state index in [0.29, 0.717) is 0 Å². The van der Waals surface area contributed by atoms with Gasteiger partial charge in [-0.15, -0.1) is 0 Å². The summed E-state index contributed by atoms with van der Waals surface area (Å²) >= 11 is 0. The van der Waals surface area contributed by atoms with Crippen molar-refractivity contribution in [2.75, 3.05) is 26.7 Å². The molecular formula is C11H22N2. The maximum absolute atomic E-state index is 4.07. The molecule has 0 aromatic rings. The third-order valence-electron chi connectivity index (χ3n) is 2.80. The summed E-state index contributed by atoms with van der Waals surface area (Å²) in [5, 5.41) is 3.30. The molecule has 0 bridgehead atoms. The molecule has 76 valence electrons. The second-order valence-electron chi connectivity index (χ2n) is 4.03. The molecule has 0 aromatic carbocycles. The molecule has 1 saturated carbocycles. The molecule has 0 saturated heterocycles. The Morgan fingerprint density at radius 1 is 1.54 bits per heavy atom. The molecule has 0 aliphatic heterocycles. The molecule has 0 heterocycles. The summed E-state index contributed by atoms with van der Waals surface area (Å²) in [6.45, 7) is 9.25. The maximum atomic E-state index is 4.07. The quantitative estimate of drug-likeness (QED) is 0.628. The fourth-order valence-corrected chi connectivity index (χ4v) is 1.67. The predicted octanol–water partition coefficient (Wildman–Crippen LogP) is 1.64. The molecule has 0 radical (unpaired) electrons. The van der Waals surface area contributed by atoms with Gasteiger partial charge < -0.3 is 5.32 Å². The standard InChI is InChI=1S/C11H22N2/c1-4-12-8-10(2)9-13(3)11-6-5-7-11/h11-12H,2,4-9H2,1,3H3. The predicted molar refractivity (Wildman–Crippen MR) is 58.0 cm³/mol. The van der Waals surface area contributed by atoms with Crippen molar-refractivity contribution in [3.05, 3.63) is 12.2 Å². The van der Waals surface area contributed by atoms with Gasteiger partial charge in [0.15, 0.2) is 0 Å². The van der Waals surface area contributed by atoms with Crippen LogP contribution in [0.3, 0.4) is 0 Å². The summed E-state index contributed by atoms with van der Waals surface area (Å²) in [6.07, 6.45) is 4.17. The first-order valence-electron chi connectivity index (χ1n) is 5.31. The molecule has 0 aromatic heterocycles. The van der Waals surface area contributed by atoms with Gasteiger partial charge in [-0.1, -0.05) is 19.9 Å². The van der Waals surface area contributed by atoms with E-state index in [0.717, 1.165) is 25.7 Å². The first kappa shape index (κ1) is 10.7. The summed E-state index contributed by atoms with van der Waals surface area (Å²) in [6, 6.07) is 0.832. The minimum atomic E-state index is 0.832. The van der Waals surface area contributed by atoms with E-state index in [9.17, 15) is 0 Å². The molecule has 0 unspecified atom stereocenters. The number of likely N-dealkylation sites (N-methyl/N-ethyl adjacent to an activating group) is 2. The highest BCUT2D eigenvalue weighted by Gasteiger charge is 2.21. The van der Waals surface area contributed by atoms with Crippen molar-refractivity contribution in [1.82, 2.24) is 10.2 Å². The van der Waals surface area contributed by atoms with Crippen molar-refractivity contribution in [3.8, 4) is 0 Å². The van der Waals surface area contributed by atoms with Crippen LogP contribution in [0, 0.1) is 0 Å². The van der Waals surface area contributed by atoms with Crippen LogP contribution in [0.15, 0.2) is 12.2 Å². The van der Waals surface area contributed by atoms with Gasteiger partial charge in [0.05, 0.1) is 0 Å². The van der Waals surface area contributed by atoms with Gasteiger partial charge in [0.1, 0.15) is 0 Å². The van der Waals surface area contributed by atoms with Crippen molar-refractivity contribution >= 4 is 0 Å². The fourth-order valence-electron chi connectivity index (χ4n) is 1.67. The second kappa shape index (κ2) is 5.40. The highest BCUT2D eigenvalue weighted by molar-refractivity contribution is 5.00. The molecule has 1 aliphatic carbocycles. The number of rotatable bonds is 6. The number of nitrogens with one attached hydrogen (secondary N) is 1. The largest absolute Gasteiger partial charge is 0.313 e. The van der Waals surface area contributed by atoms with Crippen molar-refractivity contribution in [1.29, 1.82) is 0 Å². The van der Waals surface area contributed by atoms with E-state index >= 15 is 0 Å². The third-order valence-corrected chi connectivity index (χ3v) is 2.80. The summed E-state index contributed by atoms with van der Waals surface area (Å²) in [5.41, 5.74) is 1.30. The third kappa shape index (κ3) is 3.49. The Morgan fingerprint density at radius 2 is 2.23 bits per heavy atom. The smallest absolute Gasteiger partial charge is 0.0202 e. The monoisotopic (exact) mass is 182 g/mol. The van der Waals surface area contributed by atoms with Gasteiger partial charge in [0, 0.05) is 19.1 Å². The van der Waals surface area contributed by atoms with Gasteiger partial charge in [-0.3, -0.25) is 4.90 Å². The highest BCUT2D eigenvalue weighted by Crippen LogP contribution is 2.23. The Bertz CT molecular complexity index is 161. The van der Waals surface area contributed by atoms with Gasteiger partial charge in [-0.25, -0.2) is 0 Å². The van der Waals surface area contributed by atoms with Crippen molar-refractivity contribution < 1.29 is 0 Å². The van der Waals surface area contributed by atoms with Crippen LogP contribution in [0.4, 0.5) is 0 Å².